The number of ether oxygens (including phenoxy) is 13. The minimum absolute atomic E-state index is 0. The number of esters is 4. The summed E-state index contributed by atoms with van der Waals surface area (Å²) in [6.07, 6.45) is -21.3. The van der Waals surface area contributed by atoms with Gasteiger partial charge in [0.1, 0.15) is 85.6 Å². The first-order valence-corrected chi connectivity index (χ1v) is 35.7. The molecule has 0 saturated carbocycles. The SMILES string of the molecule is C.CC(=O)OC[C@H]1O[C@@H](Oc2nn(C(C)C)c(C)c2Cc2ccc(C)c(F)c2)[C@H](OC(C)=O)[C@@H](OC(C)=O)[C@@H]1OC(C)=O.COC(=O)Cl.COC(=O)OC[C@H]1O[C@@H](Oc2nn(C(C)C)c(C)c2Cc2ccc(C)c(F)c2)[C@H](O)[C@@H](O)[C@@H]1O.Cc1ccc(Cc2c(O[C@@H]3O[C@H](CO)[C@@H](O)[C@H](O)[C@H]3O)nn(C(C)C)c2C)cc1F.[Li+].[NH2-].[OH-]. The Morgan fingerprint density at radius 2 is 0.783 bits per heavy atom. The number of hydrogen-bond acceptors (Lipinski definition) is 30. The summed E-state index contributed by atoms with van der Waals surface area (Å²) in [6.45, 7) is 25.4. The largest absolute Gasteiger partial charge is 1.00 e. The van der Waals surface area contributed by atoms with Gasteiger partial charge in [-0.15, -0.1) is 15.3 Å². The summed E-state index contributed by atoms with van der Waals surface area (Å²) in [7, 11) is 2.34. The first kappa shape index (κ1) is 103. The molecule has 3 saturated heterocycles. The molecule has 115 heavy (non-hydrogen) atoms. The Kier molecular flexibility index (Phi) is 41.4. The second-order valence-corrected chi connectivity index (χ2v) is 27.7. The van der Waals surface area contributed by atoms with Gasteiger partial charge in [-0.3, -0.25) is 33.2 Å². The number of nitrogens with zero attached hydrogens (tertiary/aromatic N) is 6. The van der Waals surface area contributed by atoms with Crippen LogP contribution in [-0.2, 0) is 85.8 Å². The summed E-state index contributed by atoms with van der Waals surface area (Å²) in [4.78, 5) is 68.5. The normalized spacial score (nSPS) is 22.7. The number of benzene rings is 3. The fraction of sp³-hybridized carbons (Fsp3) is 0.566. The molecule has 0 aliphatic carbocycles. The number of carbonyl (C=O) groups excluding carboxylic acids is 6. The number of aryl methyl sites for hydroxylation is 3. The van der Waals surface area contributed by atoms with Gasteiger partial charge in [0.05, 0.1) is 20.8 Å². The van der Waals surface area contributed by atoms with E-state index in [4.69, 9.17) is 52.1 Å². The molecule has 34 nitrogen and oxygen atoms in total. The molecule has 3 fully saturated rings. The van der Waals surface area contributed by atoms with Crippen molar-refractivity contribution in [3.8, 4) is 17.6 Å². The number of hydrogen-bond donors (Lipinski definition) is 7. The zero-order chi connectivity index (χ0) is 82.9. The number of rotatable bonds is 23. The van der Waals surface area contributed by atoms with Crippen molar-refractivity contribution in [3.63, 3.8) is 0 Å². The Morgan fingerprint density at radius 3 is 1.10 bits per heavy atom. The summed E-state index contributed by atoms with van der Waals surface area (Å²) in [6, 6.07) is 14.7. The molecule has 0 bridgehead atoms. The van der Waals surface area contributed by atoms with Crippen LogP contribution in [0.5, 0.6) is 17.6 Å². The number of aliphatic hydroxyl groups is 7. The molecule has 638 valence electrons. The van der Waals surface area contributed by atoms with Gasteiger partial charge in [0.25, 0.3) is 0 Å². The van der Waals surface area contributed by atoms with Crippen molar-refractivity contribution in [2.24, 2.45) is 0 Å². The van der Waals surface area contributed by atoms with E-state index in [0.717, 1.165) is 50.5 Å². The van der Waals surface area contributed by atoms with E-state index >= 15 is 0 Å². The molecule has 3 aliphatic heterocycles. The number of aliphatic hydroxyl groups excluding tert-OH is 7. The maximum atomic E-state index is 14.4. The molecule has 3 aromatic heterocycles. The van der Waals surface area contributed by atoms with Gasteiger partial charge in [-0.1, -0.05) is 43.8 Å². The van der Waals surface area contributed by atoms with Gasteiger partial charge in [0, 0.05) is 110 Å². The zero-order valence-corrected chi connectivity index (χ0v) is 67.7. The molecule has 6 heterocycles. The van der Waals surface area contributed by atoms with Crippen molar-refractivity contribution in [1.82, 2.24) is 29.3 Å². The fourth-order valence-electron chi connectivity index (χ4n) is 12.0. The minimum Gasteiger partial charge on any atom is -0.870 e. The Balaban J connectivity index is 0.000000565. The average molecular weight is 1650 g/mol. The molecule has 3 aromatic carbocycles. The molecule has 9 rings (SSSR count). The summed E-state index contributed by atoms with van der Waals surface area (Å²) >= 11 is 4.60. The van der Waals surface area contributed by atoms with Gasteiger partial charge in [0.15, 0.2) is 12.2 Å². The van der Waals surface area contributed by atoms with Crippen LogP contribution in [0.3, 0.4) is 0 Å². The molecule has 39 heteroatoms. The number of methoxy groups -OCH3 is 2. The van der Waals surface area contributed by atoms with Crippen LogP contribution in [0, 0.1) is 59.0 Å². The molecule has 10 N–H and O–H groups in total. The Bertz CT molecular complexity index is 4170. The number of halogens is 4. The molecule has 0 amide bonds. The van der Waals surface area contributed by atoms with Crippen LogP contribution < -0.4 is 33.1 Å². The van der Waals surface area contributed by atoms with Gasteiger partial charge < -0.3 is 109 Å². The summed E-state index contributed by atoms with van der Waals surface area (Å²) in [5.74, 6) is -3.48. The van der Waals surface area contributed by atoms with E-state index in [1.165, 1.54) is 32.2 Å². The standard InChI is InChI=1S/C29H37FN2O10.C23H31FN2O8.C21H29FN2O6.C2H3ClO2.CH4.Li.H2N.H2O/c1-14(2)32-16(4)22(11-21-10-9-15(3)23(30)12-21)28(31-32)42-29-27(40-20(8)36)26(39-19(7)35)25(38-18(6)34)24(41-29)13-37-17(5)33;1-11(2)26-13(4)15(8-14-7-6-12(3)16(24)9-14)21(25-26)34-22-20(29)19(28)18(27)17(33-22)10-32-23(30)31-5;1-10(2)24-12(4)14(7-13-6-5-11(3)15(22)8-13)20(23-24)30-21-19(28)18(27)17(26)16(9-25)29-21;1-5-2(3)4;;;;/h9-10,12,14,24-27,29H,11,13H2,1-8H3;6-7,9,11,17-20,22,27-29H,8,10H2,1-5H3;5-6,8,10,16-19,21,25-28H,7,9H2,1-4H3;1H3;1H4;;2*1H2/q;;;;;+1;-1;/p-1/t24-,25-,26+,27-,29+;17-,18-,19+,20-,22+;16-,17-,18+,19-,21+;;;;;/m111...../s1. The van der Waals surface area contributed by atoms with Crippen LogP contribution in [0.15, 0.2) is 54.6 Å². The predicted octanol–water partition coefficient (Wildman–Crippen LogP) is 5.21. The van der Waals surface area contributed by atoms with E-state index in [1.807, 2.05) is 68.4 Å². The summed E-state index contributed by atoms with van der Waals surface area (Å²) in [5.41, 5.74) is 7.17. The molecule has 0 spiro atoms. The molecule has 3 aliphatic rings. The number of aromatic nitrogens is 6. The smallest absolute Gasteiger partial charge is 0.870 e. The molecule has 0 unspecified atom stereocenters. The fourth-order valence-corrected chi connectivity index (χ4v) is 12.0. The maximum Gasteiger partial charge on any atom is 1.00 e. The van der Waals surface area contributed by atoms with Crippen LogP contribution in [0.4, 0.5) is 22.8 Å². The van der Waals surface area contributed by atoms with E-state index < -0.39 is 147 Å². The Labute approximate surface area is 681 Å². The first-order chi connectivity index (χ1) is 52.1. The Hall–Kier alpha value is -8.49. The monoisotopic (exact) mass is 1650 g/mol. The van der Waals surface area contributed by atoms with Crippen molar-refractivity contribution >= 4 is 47.1 Å². The second kappa shape index (κ2) is 46.4. The Morgan fingerprint density at radius 1 is 0.470 bits per heavy atom. The predicted molar refractivity (Wildman–Crippen MR) is 399 cm³/mol. The van der Waals surface area contributed by atoms with E-state index in [-0.39, 0.29) is 97.6 Å². The molecule has 15 atom stereocenters. The van der Waals surface area contributed by atoms with E-state index in [1.54, 1.807) is 65.1 Å². The summed E-state index contributed by atoms with van der Waals surface area (Å²) in [5, 5.41) is 84.2. The molecule has 0 radical (unpaired) electrons. The first-order valence-electron chi connectivity index (χ1n) is 35.4. The molecule has 6 aromatic rings. The third kappa shape index (κ3) is 27.6. The zero-order valence-electron chi connectivity index (χ0n) is 66.9. The van der Waals surface area contributed by atoms with Crippen molar-refractivity contribution in [2.75, 3.05) is 34.0 Å². The second-order valence-electron chi connectivity index (χ2n) is 27.3. The molecular formula is C76H107ClF3LiN7O27-. The van der Waals surface area contributed by atoms with Crippen LogP contribution in [-0.4, -0.2) is 232 Å². The topological polar surface area (TPSA) is 481 Å². The maximum absolute atomic E-state index is 14.4. The minimum atomic E-state index is -1.63. The molecular weight excluding hydrogens is 1540 g/mol. The number of nitrogens with two attached hydrogens (primary N) is 1. The number of carbonyl (C=O) groups is 6. The average Bonchev–Trinajstić information content (AvgIpc) is 1.77. The van der Waals surface area contributed by atoms with E-state index in [9.17, 15) is 77.7 Å². The third-order valence-corrected chi connectivity index (χ3v) is 18.0. The van der Waals surface area contributed by atoms with E-state index in [2.05, 4.69) is 36.4 Å². The van der Waals surface area contributed by atoms with Crippen LogP contribution in [0.2, 0.25) is 0 Å². The van der Waals surface area contributed by atoms with Gasteiger partial charge in [0.2, 0.25) is 42.6 Å². The van der Waals surface area contributed by atoms with Crippen molar-refractivity contribution in [3.05, 3.63) is 145 Å². The van der Waals surface area contributed by atoms with E-state index in [0.29, 0.717) is 57.3 Å². The van der Waals surface area contributed by atoms with Crippen LogP contribution in [0.25, 0.3) is 6.15 Å². The van der Waals surface area contributed by atoms with Crippen LogP contribution in [0.1, 0.15) is 162 Å². The van der Waals surface area contributed by atoms with Gasteiger partial charge in [-0.2, -0.15) is 0 Å². The van der Waals surface area contributed by atoms with Gasteiger partial charge in [-0.05, 0) is 135 Å². The van der Waals surface area contributed by atoms with Gasteiger partial charge >= 0.3 is 54.3 Å². The summed E-state index contributed by atoms with van der Waals surface area (Å²) < 4.78 is 117. The van der Waals surface area contributed by atoms with Crippen molar-refractivity contribution in [2.45, 2.75) is 248 Å². The van der Waals surface area contributed by atoms with Crippen LogP contribution >= 0.6 is 11.6 Å². The quantitative estimate of drug-likeness (QED) is 0.0187. The third-order valence-electron chi connectivity index (χ3n) is 17.9. The van der Waals surface area contributed by atoms with Gasteiger partial charge in [-0.25, -0.2) is 22.8 Å². The van der Waals surface area contributed by atoms with Crippen molar-refractivity contribution in [1.29, 1.82) is 0 Å². The van der Waals surface area contributed by atoms with Crippen molar-refractivity contribution < 1.29 is 164 Å².